The molecule has 0 aliphatic carbocycles. The predicted octanol–water partition coefficient (Wildman–Crippen LogP) is 1.91. The average molecular weight is 265 g/mol. The molecule has 3 fully saturated rings. The summed E-state index contributed by atoms with van der Waals surface area (Å²) < 4.78 is 0. The Morgan fingerprint density at radius 3 is 2.58 bits per heavy atom. The highest BCUT2D eigenvalue weighted by Crippen LogP contribution is 2.35. The highest BCUT2D eigenvalue weighted by atomic mass is 16.2. The van der Waals surface area contributed by atoms with Crippen LogP contribution in [0.25, 0.3) is 0 Å². The van der Waals surface area contributed by atoms with Crippen LogP contribution in [-0.4, -0.2) is 54.6 Å². The summed E-state index contributed by atoms with van der Waals surface area (Å²) in [6.45, 7) is 7.36. The number of hydrogen-bond donors (Lipinski definition) is 1. The van der Waals surface area contributed by atoms with E-state index in [9.17, 15) is 4.79 Å². The summed E-state index contributed by atoms with van der Waals surface area (Å²) in [5.74, 6) is 1.39. The molecule has 4 nitrogen and oxygen atoms in total. The summed E-state index contributed by atoms with van der Waals surface area (Å²) in [4.78, 5) is 17.1. The first kappa shape index (κ1) is 13.2. The lowest BCUT2D eigenvalue weighted by Gasteiger charge is -2.32. The highest BCUT2D eigenvalue weighted by Gasteiger charge is 2.45. The van der Waals surface area contributed by atoms with E-state index in [2.05, 4.69) is 22.0 Å². The van der Waals surface area contributed by atoms with Gasteiger partial charge in [0.25, 0.3) is 0 Å². The summed E-state index contributed by atoms with van der Waals surface area (Å²) in [7, 11) is 0. The molecule has 3 saturated heterocycles. The second kappa shape index (κ2) is 5.70. The largest absolute Gasteiger partial charge is 0.325 e. The lowest BCUT2D eigenvalue weighted by molar-refractivity contribution is 0.142. The van der Waals surface area contributed by atoms with Gasteiger partial charge in [0.2, 0.25) is 0 Å². The Morgan fingerprint density at radius 2 is 1.89 bits per heavy atom. The summed E-state index contributed by atoms with van der Waals surface area (Å²) in [5, 5.41) is 3.49. The Hall–Kier alpha value is -0.770. The van der Waals surface area contributed by atoms with Gasteiger partial charge in [0.15, 0.2) is 0 Å². The van der Waals surface area contributed by atoms with E-state index in [1.807, 2.05) is 0 Å². The monoisotopic (exact) mass is 265 g/mol. The molecule has 3 rings (SSSR count). The normalized spacial score (nSPS) is 35.3. The van der Waals surface area contributed by atoms with Crippen molar-refractivity contribution in [2.24, 2.45) is 11.8 Å². The Morgan fingerprint density at radius 1 is 1.16 bits per heavy atom. The molecule has 2 amide bonds. The van der Waals surface area contributed by atoms with Crippen LogP contribution in [-0.2, 0) is 0 Å². The third kappa shape index (κ3) is 2.47. The van der Waals surface area contributed by atoms with Gasteiger partial charge in [-0.25, -0.2) is 4.79 Å². The van der Waals surface area contributed by atoms with Crippen LogP contribution in [0, 0.1) is 11.8 Å². The first-order chi connectivity index (χ1) is 9.31. The Labute approximate surface area is 116 Å². The molecule has 108 valence electrons. The molecule has 3 unspecified atom stereocenters. The smallest absolute Gasteiger partial charge is 0.320 e. The zero-order chi connectivity index (χ0) is 13.2. The lowest BCUT2D eigenvalue weighted by atomic mass is 9.93. The third-order valence-electron chi connectivity index (χ3n) is 5.26. The van der Waals surface area contributed by atoms with E-state index in [0.717, 1.165) is 39.1 Å². The van der Waals surface area contributed by atoms with Gasteiger partial charge in [0.1, 0.15) is 0 Å². The summed E-state index contributed by atoms with van der Waals surface area (Å²) in [5.41, 5.74) is 0. The van der Waals surface area contributed by atoms with Crippen molar-refractivity contribution in [3.05, 3.63) is 0 Å². The highest BCUT2D eigenvalue weighted by molar-refractivity contribution is 5.75. The van der Waals surface area contributed by atoms with E-state index in [-0.39, 0.29) is 0 Å². The Kier molecular flexibility index (Phi) is 3.96. The third-order valence-corrected chi connectivity index (χ3v) is 5.26. The van der Waals surface area contributed by atoms with E-state index >= 15 is 0 Å². The van der Waals surface area contributed by atoms with Crippen LogP contribution in [0.15, 0.2) is 0 Å². The number of nitrogens with one attached hydrogen (secondary N) is 1. The van der Waals surface area contributed by atoms with Gasteiger partial charge in [-0.05, 0) is 31.1 Å². The van der Waals surface area contributed by atoms with Gasteiger partial charge in [-0.1, -0.05) is 19.8 Å². The van der Waals surface area contributed by atoms with Crippen LogP contribution in [0.4, 0.5) is 4.79 Å². The average Bonchev–Trinajstić information content (AvgIpc) is 2.88. The van der Waals surface area contributed by atoms with Gasteiger partial charge in [-0.3, -0.25) is 0 Å². The van der Waals surface area contributed by atoms with Crippen molar-refractivity contribution in [3.8, 4) is 0 Å². The fourth-order valence-electron chi connectivity index (χ4n) is 4.21. The van der Waals surface area contributed by atoms with Gasteiger partial charge < -0.3 is 15.1 Å². The molecule has 3 aliphatic heterocycles. The first-order valence-electron chi connectivity index (χ1n) is 8.07. The Bertz CT molecular complexity index is 325. The Balaban J connectivity index is 1.68. The van der Waals surface area contributed by atoms with E-state index in [0.29, 0.717) is 23.9 Å². The van der Waals surface area contributed by atoms with Crippen LogP contribution in [0.1, 0.15) is 39.0 Å². The molecule has 0 radical (unpaired) electrons. The van der Waals surface area contributed by atoms with E-state index in [1.165, 1.54) is 25.7 Å². The predicted molar refractivity (Wildman–Crippen MR) is 76.1 cm³/mol. The zero-order valence-corrected chi connectivity index (χ0v) is 12.1. The molecule has 0 spiro atoms. The fourth-order valence-corrected chi connectivity index (χ4v) is 4.21. The SMILES string of the molecule is CCC1C2CNCC2CN1C(=O)N1CCCCCC1. The quantitative estimate of drug-likeness (QED) is 0.786. The number of amides is 2. The molecule has 0 aromatic rings. The molecule has 0 bridgehead atoms. The zero-order valence-electron chi connectivity index (χ0n) is 12.1. The minimum absolute atomic E-state index is 0.322. The van der Waals surface area contributed by atoms with Gasteiger partial charge in [0, 0.05) is 38.8 Å². The molecule has 0 aromatic carbocycles. The molecule has 19 heavy (non-hydrogen) atoms. The van der Waals surface area contributed by atoms with Crippen molar-refractivity contribution >= 4 is 6.03 Å². The fraction of sp³-hybridized carbons (Fsp3) is 0.933. The van der Waals surface area contributed by atoms with E-state index < -0.39 is 0 Å². The number of fused-ring (bicyclic) bond motifs is 1. The molecule has 4 heteroatoms. The van der Waals surface area contributed by atoms with Crippen LogP contribution >= 0.6 is 0 Å². The first-order valence-corrected chi connectivity index (χ1v) is 8.07. The second-order valence-electron chi connectivity index (χ2n) is 6.39. The summed E-state index contributed by atoms with van der Waals surface area (Å²) >= 11 is 0. The van der Waals surface area contributed by atoms with Gasteiger partial charge in [-0.15, -0.1) is 0 Å². The van der Waals surface area contributed by atoms with Crippen molar-refractivity contribution in [1.29, 1.82) is 0 Å². The standard InChI is InChI=1S/C15H27N3O/c1-2-14-13-10-16-9-12(13)11-18(14)15(19)17-7-5-3-4-6-8-17/h12-14,16H,2-11H2,1H3. The van der Waals surface area contributed by atoms with E-state index in [4.69, 9.17) is 0 Å². The van der Waals surface area contributed by atoms with Crippen molar-refractivity contribution in [2.75, 3.05) is 32.7 Å². The van der Waals surface area contributed by atoms with E-state index in [1.54, 1.807) is 0 Å². The molecule has 3 heterocycles. The number of hydrogen-bond acceptors (Lipinski definition) is 2. The minimum Gasteiger partial charge on any atom is -0.325 e. The molecule has 1 N–H and O–H groups in total. The minimum atomic E-state index is 0.322. The van der Waals surface area contributed by atoms with Gasteiger partial charge >= 0.3 is 6.03 Å². The number of carbonyl (C=O) groups is 1. The van der Waals surface area contributed by atoms with Crippen molar-refractivity contribution in [1.82, 2.24) is 15.1 Å². The molecule has 0 aromatic heterocycles. The van der Waals surface area contributed by atoms with Crippen LogP contribution in [0.3, 0.4) is 0 Å². The number of carbonyl (C=O) groups excluding carboxylic acids is 1. The van der Waals surface area contributed by atoms with Crippen LogP contribution in [0.5, 0.6) is 0 Å². The molecule has 3 atom stereocenters. The lowest BCUT2D eigenvalue weighted by Crippen LogP contribution is -2.47. The van der Waals surface area contributed by atoms with Crippen LogP contribution in [0.2, 0.25) is 0 Å². The number of likely N-dealkylation sites (tertiary alicyclic amines) is 2. The van der Waals surface area contributed by atoms with Crippen molar-refractivity contribution < 1.29 is 4.79 Å². The molecule has 0 saturated carbocycles. The maximum absolute atomic E-state index is 12.8. The summed E-state index contributed by atoms with van der Waals surface area (Å²) in [6.07, 6.45) is 6.05. The number of rotatable bonds is 1. The summed E-state index contributed by atoms with van der Waals surface area (Å²) in [6, 6.07) is 0.791. The maximum Gasteiger partial charge on any atom is 0.320 e. The molecular formula is C15H27N3O. The maximum atomic E-state index is 12.8. The number of urea groups is 1. The van der Waals surface area contributed by atoms with Gasteiger partial charge in [0.05, 0.1) is 0 Å². The van der Waals surface area contributed by atoms with Crippen LogP contribution < -0.4 is 5.32 Å². The van der Waals surface area contributed by atoms with Gasteiger partial charge in [-0.2, -0.15) is 0 Å². The van der Waals surface area contributed by atoms with Crippen molar-refractivity contribution in [2.45, 2.75) is 45.1 Å². The second-order valence-corrected chi connectivity index (χ2v) is 6.39. The van der Waals surface area contributed by atoms with Crippen molar-refractivity contribution in [3.63, 3.8) is 0 Å². The topological polar surface area (TPSA) is 35.6 Å². The molecular weight excluding hydrogens is 238 g/mol. The number of nitrogens with zero attached hydrogens (tertiary/aromatic N) is 2. The molecule has 3 aliphatic rings.